The standard InChI is InChI=1S/C12H20O3Si/c1-13-16(14-2,12-9-6-10-15-12)11-7-4-3-5-8-11/h6,9-11H,3-5,7-8H2,1-2H3. The first-order chi connectivity index (χ1) is 7.83. The second-order valence-electron chi connectivity index (χ2n) is 4.39. The van der Waals surface area contributed by atoms with Crippen molar-refractivity contribution in [3.63, 3.8) is 0 Å². The fourth-order valence-corrected chi connectivity index (χ4v) is 6.15. The van der Waals surface area contributed by atoms with Crippen molar-refractivity contribution in [3.8, 4) is 0 Å². The van der Waals surface area contributed by atoms with Crippen LogP contribution in [0.3, 0.4) is 0 Å². The number of hydrogen-bond donors (Lipinski definition) is 0. The lowest BCUT2D eigenvalue weighted by Crippen LogP contribution is -2.56. The van der Waals surface area contributed by atoms with E-state index in [4.69, 9.17) is 13.3 Å². The van der Waals surface area contributed by atoms with Crippen LogP contribution in [0.1, 0.15) is 32.1 Å². The van der Waals surface area contributed by atoms with Crippen molar-refractivity contribution in [2.75, 3.05) is 14.2 Å². The van der Waals surface area contributed by atoms with Crippen molar-refractivity contribution in [3.05, 3.63) is 18.4 Å². The molecule has 0 amide bonds. The summed E-state index contributed by atoms with van der Waals surface area (Å²) >= 11 is 0. The maximum atomic E-state index is 5.79. The summed E-state index contributed by atoms with van der Waals surface area (Å²) in [6, 6.07) is 3.91. The number of furan rings is 1. The summed E-state index contributed by atoms with van der Waals surface area (Å²) in [6.07, 6.45) is 8.02. The van der Waals surface area contributed by atoms with Crippen LogP contribution in [0.5, 0.6) is 0 Å². The summed E-state index contributed by atoms with van der Waals surface area (Å²) in [5, 5.41) is 0.921. The SMILES string of the molecule is CO[Si](OC)(c1ccco1)C1CCCCC1. The molecule has 0 bridgehead atoms. The zero-order chi connectivity index (χ0) is 11.4. The van der Waals surface area contributed by atoms with Gasteiger partial charge in [0.2, 0.25) is 0 Å². The van der Waals surface area contributed by atoms with Gasteiger partial charge in [-0.3, -0.25) is 0 Å². The Hall–Kier alpha value is -0.583. The highest BCUT2D eigenvalue weighted by molar-refractivity contribution is 6.81. The monoisotopic (exact) mass is 240 g/mol. The van der Waals surface area contributed by atoms with Crippen molar-refractivity contribution in [1.82, 2.24) is 0 Å². The first-order valence-electron chi connectivity index (χ1n) is 5.98. The molecule has 1 saturated carbocycles. The van der Waals surface area contributed by atoms with E-state index >= 15 is 0 Å². The minimum Gasteiger partial charge on any atom is -0.469 e. The molecular weight excluding hydrogens is 220 g/mol. The Morgan fingerprint density at radius 3 is 2.38 bits per heavy atom. The van der Waals surface area contributed by atoms with Crippen LogP contribution in [0.25, 0.3) is 0 Å². The van der Waals surface area contributed by atoms with E-state index in [1.165, 1.54) is 32.1 Å². The Balaban J connectivity index is 2.26. The second-order valence-corrected chi connectivity index (χ2v) is 7.85. The smallest absolute Gasteiger partial charge is 0.411 e. The number of rotatable bonds is 4. The van der Waals surface area contributed by atoms with Crippen LogP contribution in [0.2, 0.25) is 5.54 Å². The predicted octanol–water partition coefficient (Wildman–Crippen LogP) is 2.56. The average Bonchev–Trinajstić information content (AvgIpc) is 2.87. The van der Waals surface area contributed by atoms with Crippen LogP contribution in [0.15, 0.2) is 22.8 Å². The molecule has 2 rings (SSSR count). The van der Waals surface area contributed by atoms with E-state index in [2.05, 4.69) is 0 Å². The number of hydrogen-bond acceptors (Lipinski definition) is 3. The summed E-state index contributed by atoms with van der Waals surface area (Å²) < 4.78 is 17.1. The Bertz CT molecular complexity index is 300. The first-order valence-corrected chi connectivity index (χ1v) is 7.87. The van der Waals surface area contributed by atoms with E-state index in [1.54, 1.807) is 20.5 Å². The summed E-state index contributed by atoms with van der Waals surface area (Å²) in [6.45, 7) is 0. The third-order valence-corrected chi connectivity index (χ3v) is 7.45. The molecule has 90 valence electrons. The van der Waals surface area contributed by atoms with E-state index < -0.39 is 8.56 Å². The van der Waals surface area contributed by atoms with Gasteiger partial charge in [0, 0.05) is 19.8 Å². The van der Waals surface area contributed by atoms with Gasteiger partial charge in [0.15, 0.2) is 0 Å². The van der Waals surface area contributed by atoms with E-state index in [-0.39, 0.29) is 0 Å². The molecule has 1 aliphatic rings. The van der Waals surface area contributed by atoms with E-state index in [9.17, 15) is 0 Å². The summed E-state index contributed by atoms with van der Waals surface area (Å²) in [5.41, 5.74) is 0.530. The highest BCUT2D eigenvalue weighted by Crippen LogP contribution is 2.37. The lowest BCUT2D eigenvalue weighted by atomic mass is 10.0. The highest BCUT2D eigenvalue weighted by atomic mass is 28.4. The fraction of sp³-hybridized carbons (Fsp3) is 0.667. The summed E-state index contributed by atoms with van der Waals surface area (Å²) in [4.78, 5) is 0. The zero-order valence-corrected chi connectivity index (χ0v) is 11.1. The van der Waals surface area contributed by atoms with Gasteiger partial charge in [-0.1, -0.05) is 19.3 Å². The fourth-order valence-electron chi connectivity index (χ4n) is 2.78. The Morgan fingerprint density at radius 1 is 1.19 bits per heavy atom. The van der Waals surface area contributed by atoms with Crippen LogP contribution in [0.4, 0.5) is 0 Å². The molecule has 0 spiro atoms. The van der Waals surface area contributed by atoms with Crippen LogP contribution in [0, 0.1) is 0 Å². The van der Waals surface area contributed by atoms with Crippen LogP contribution < -0.4 is 5.38 Å². The molecule has 1 aromatic heterocycles. The molecule has 1 heterocycles. The lowest BCUT2D eigenvalue weighted by molar-refractivity contribution is 0.225. The van der Waals surface area contributed by atoms with Gasteiger partial charge in [0.25, 0.3) is 0 Å². The molecule has 1 aliphatic carbocycles. The minimum absolute atomic E-state index is 0.530. The van der Waals surface area contributed by atoms with Crippen molar-refractivity contribution >= 4 is 13.9 Å². The van der Waals surface area contributed by atoms with Gasteiger partial charge in [-0.05, 0) is 25.0 Å². The first kappa shape index (κ1) is 11.9. The van der Waals surface area contributed by atoms with E-state index in [0.29, 0.717) is 5.54 Å². The molecule has 4 heteroatoms. The second kappa shape index (κ2) is 5.16. The maximum Gasteiger partial charge on any atom is 0.411 e. The van der Waals surface area contributed by atoms with Gasteiger partial charge < -0.3 is 13.3 Å². The summed E-state index contributed by atoms with van der Waals surface area (Å²) in [7, 11) is 1.18. The van der Waals surface area contributed by atoms with Crippen molar-refractivity contribution in [2.45, 2.75) is 37.6 Å². The van der Waals surface area contributed by atoms with Crippen LogP contribution in [-0.4, -0.2) is 22.8 Å². The molecule has 1 fully saturated rings. The third-order valence-electron chi connectivity index (χ3n) is 3.61. The van der Waals surface area contributed by atoms with Gasteiger partial charge >= 0.3 is 8.56 Å². The molecule has 0 radical (unpaired) electrons. The lowest BCUT2D eigenvalue weighted by Gasteiger charge is -2.35. The maximum absolute atomic E-state index is 5.79. The zero-order valence-electron chi connectivity index (χ0n) is 10.1. The van der Waals surface area contributed by atoms with E-state index in [0.717, 1.165) is 5.38 Å². The quantitative estimate of drug-likeness (QED) is 0.758. The van der Waals surface area contributed by atoms with Gasteiger partial charge in [0.05, 0.1) is 6.26 Å². The normalized spacial score (nSPS) is 18.9. The minimum atomic E-state index is -2.33. The molecule has 0 N–H and O–H groups in total. The Labute approximate surface area is 98.0 Å². The molecule has 0 aromatic carbocycles. The van der Waals surface area contributed by atoms with Crippen molar-refractivity contribution in [2.24, 2.45) is 0 Å². The Kier molecular flexibility index (Phi) is 3.84. The predicted molar refractivity (Wildman–Crippen MR) is 64.9 cm³/mol. The Morgan fingerprint density at radius 2 is 1.88 bits per heavy atom. The topological polar surface area (TPSA) is 31.6 Å². The molecular formula is C12H20O3Si. The third kappa shape index (κ3) is 1.97. The molecule has 16 heavy (non-hydrogen) atoms. The van der Waals surface area contributed by atoms with Gasteiger partial charge in [-0.2, -0.15) is 0 Å². The molecule has 0 saturated heterocycles. The summed E-state index contributed by atoms with van der Waals surface area (Å²) in [5.74, 6) is 0. The van der Waals surface area contributed by atoms with Crippen LogP contribution in [-0.2, 0) is 8.85 Å². The van der Waals surface area contributed by atoms with Gasteiger partial charge in [-0.25, -0.2) is 0 Å². The van der Waals surface area contributed by atoms with Crippen molar-refractivity contribution < 1.29 is 13.3 Å². The molecule has 0 unspecified atom stereocenters. The molecule has 3 nitrogen and oxygen atoms in total. The van der Waals surface area contributed by atoms with Gasteiger partial charge in [-0.15, -0.1) is 0 Å². The van der Waals surface area contributed by atoms with Gasteiger partial charge in [0.1, 0.15) is 5.38 Å². The van der Waals surface area contributed by atoms with Crippen molar-refractivity contribution in [1.29, 1.82) is 0 Å². The molecule has 0 atom stereocenters. The molecule has 1 aromatic rings. The highest BCUT2D eigenvalue weighted by Gasteiger charge is 2.49. The van der Waals surface area contributed by atoms with Crippen LogP contribution >= 0.6 is 0 Å². The largest absolute Gasteiger partial charge is 0.469 e. The molecule has 0 aliphatic heterocycles. The van der Waals surface area contributed by atoms with E-state index in [1.807, 2.05) is 12.1 Å². The average molecular weight is 240 g/mol.